The fraction of sp³-hybridized carbons (Fsp3) is 0.263. The first-order chi connectivity index (χ1) is 13.2. The zero-order chi connectivity index (χ0) is 18.6. The first-order valence-electron chi connectivity index (χ1n) is 8.82. The lowest BCUT2D eigenvalue weighted by Gasteiger charge is -2.31. The smallest absolute Gasteiger partial charge is 0.288 e. The highest BCUT2D eigenvalue weighted by Gasteiger charge is 2.27. The van der Waals surface area contributed by atoms with Gasteiger partial charge in [-0.3, -0.25) is 25.4 Å². The molecule has 1 atom stereocenters. The minimum absolute atomic E-state index is 0.190. The summed E-state index contributed by atoms with van der Waals surface area (Å²) in [5.74, 6) is -0.817. The third kappa shape index (κ3) is 3.90. The molecule has 0 radical (unpaired) electrons. The number of nitrogens with zero attached hydrogens (tertiary/aromatic N) is 3. The molecule has 0 unspecified atom stereocenters. The number of piperidine rings is 1. The van der Waals surface area contributed by atoms with Gasteiger partial charge in [-0.25, -0.2) is 4.98 Å². The molecule has 2 N–H and O–H groups in total. The Hall–Kier alpha value is -3.00. The van der Waals surface area contributed by atoms with Gasteiger partial charge in [0.25, 0.3) is 5.91 Å². The van der Waals surface area contributed by atoms with Crippen LogP contribution in [0.5, 0.6) is 0 Å². The second-order valence-electron chi connectivity index (χ2n) is 6.41. The number of hydrogen-bond donors (Lipinski definition) is 2. The van der Waals surface area contributed by atoms with E-state index in [4.69, 9.17) is 0 Å². The number of amides is 2. The molecular weight excluding hydrogens is 362 g/mol. The Morgan fingerprint density at radius 1 is 1.11 bits per heavy atom. The Kier molecular flexibility index (Phi) is 4.97. The molecule has 4 rings (SSSR count). The number of hydrazine groups is 1. The Labute approximate surface area is 160 Å². The lowest BCUT2D eigenvalue weighted by molar-refractivity contribution is -0.126. The molecule has 1 fully saturated rings. The molecule has 3 aromatic rings. The second kappa shape index (κ2) is 7.71. The van der Waals surface area contributed by atoms with Gasteiger partial charge in [0.15, 0.2) is 5.13 Å². The van der Waals surface area contributed by atoms with Crippen LogP contribution in [0, 0.1) is 5.92 Å². The fourth-order valence-electron chi connectivity index (χ4n) is 3.14. The molecule has 2 aromatic heterocycles. The Morgan fingerprint density at radius 2 is 1.96 bits per heavy atom. The summed E-state index contributed by atoms with van der Waals surface area (Å²) in [7, 11) is 0. The number of pyridine rings is 1. The van der Waals surface area contributed by atoms with E-state index in [2.05, 4.69) is 31.8 Å². The van der Waals surface area contributed by atoms with E-state index >= 15 is 0 Å². The van der Waals surface area contributed by atoms with Crippen molar-refractivity contribution < 1.29 is 9.59 Å². The van der Waals surface area contributed by atoms with E-state index < -0.39 is 5.91 Å². The predicted molar refractivity (Wildman–Crippen MR) is 104 cm³/mol. The average molecular weight is 381 g/mol. The zero-order valence-corrected chi connectivity index (χ0v) is 15.4. The third-order valence-electron chi connectivity index (χ3n) is 4.54. The number of fused-ring (bicyclic) bond motifs is 1. The summed E-state index contributed by atoms with van der Waals surface area (Å²) in [4.78, 5) is 35.3. The molecule has 8 heteroatoms. The molecule has 1 saturated heterocycles. The minimum Gasteiger partial charge on any atom is -0.347 e. The minimum atomic E-state index is -0.428. The lowest BCUT2D eigenvalue weighted by Crippen LogP contribution is -2.49. The first-order valence-corrected chi connectivity index (χ1v) is 9.64. The number of thiazole rings is 1. The number of aromatic nitrogens is 2. The topological polar surface area (TPSA) is 87.2 Å². The summed E-state index contributed by atoms with van der Waals surface area (Å²) in [6.45, 7) is 1.47. The van der Waals surface area contributed by atoms with Crippen LogP contribution in [-0.2, 0) is 4.79 Å². The van der Waals surface area contributed by atoms with Crippen LogP contribution in [0.3, 0.4) is 0 Å². The quantitative estimate of drug-likeness (QED) is 0.680. The number of carbonyl (C=O) groups excluding carboxylic acids is 2. The number of benzene rings is 1. The van der Waals surface area contributed by atoms with Crippen LogP contribution in [0.15, 0.2) is 48.7 Å². The van der Waals surface area contributed by atoms with Crippen LogP contribution in [-0.4, -0.2) is 34.9 Å². The largest absolute Gasteiger partial charge is 0.347 e. The van der Waals surface area contributed by atoms with E-state index in [1.54, 1.807) is 29.5 Å². The van der Waals surface area contributed by atoms with Gasteiger partial charge < -0.3 is 4.90 Å². The molecule has 0 spiro atoms. The van der Waals surface area contributed by atoms with Crippen molar-refractivity contribution in [2.24, 2.45) is 5.92 Å². The molecule has 138 valence electrons. The van der Waals surface area contributed by atoms with E-state index in [9.17, 15) is 9.59 Å². The van der Waals surface area contributed by atoms with Gasteiger partial charge in [-0.05, 0) is 37.1 Å². The number of para-hydroxylation sites is 1. The molecule has 0 bridgehead atoms. The average Bonchev–Trinajstić information content (AvgIpc) is 3.17. The Bertz CT molecular complexity index is 926. The highest BCUT2D eigenvalue weighted by molar-refractivity contribution is 7.22. The Morgan fingerprint density at radius 3 is 2.78 bits per heavy atom. The van der Waals surface area contributed by atoms with Gasteiger partial charge in [-0.1, -0.05) is 29.5 Å². The molecule has 1 aromatic carbocycles. The van der Waals surface area contributed by atoms with Crippen molar-refractivity contribution >= 4 is 38.5 Å². The maximum absolute atomic E-state index is 12.5. The molecule has 27 heavy (non-hydrogen) atoms. The SMILES string of the molecule is O=C(NNC(=O)[C@@H]1CCCN(c2nc3ccccc3s2)C1)c1ccccn1. The van der Waals surface area contributed by atoms with Gasteiger partial charge in [0.1, 0.15) is 5.69 Å². The second-order valence-corrected chi connectivity index (χ2v) is 7.42. The summed E-state index contributed by atoms with van der Waals surface area (Å²) in [6, 6.07) is 13.1. The van der Waals surface area contributed by atoms with Crippen molar-refractivity contribution in [3.8, 4) is 0 Å². The van der Waals surface area contributed by atoms with Crippen LogP contribution in [0.1, 0.15) is 23.3 Å². The maximum atomic E-state index is 12.5. The van der Waals surface area contributed by atoms with Crippen LogP contribution < -0.4 is 15.8 Å². The van der Waals surface area contributed by atoms with Gasteiger partial charge in [-0.2, -0.15) is 0 Å². The summed E-state index contributed by atoms with van der Waals surface area (Å²) in [6.07, 6.45) is 3.22. The molecule has 2 amide bonds. The van der Waals surface area contributed by atoms with Crippen LogP contribution in [0.2, 0.25) is 0 Å². The Balaban J connectivity index is 1.37. The third-order valence-corrected chi connectivity index (χ3v) is 5.64. The first kappa shape index (κ1) is 17.4. The number of rotatable bonds is 3. The molecule has 7 nitrogen and oxygen atoms in total. The summed E-state index contributed by atoms with van der Waals surface area (Å²) in [5.41, 5.74) is 6.21. The summed E-state index contributed by atoms with van der Waals surface area (Å²) < 4.78 is 1.14. The van der Waals surface area contributed by atoms with Gasteiger partial charge in [0.05, 0.1) is 16.1 Å². The number of hydrogen-bond acceptors (Lipinski definition) is 6. The highest BCUT2D eigenvalue weighted by atomic mass is 32.1. The van der Waals surface area contributed by atoms with Crippen molar-refractivity contribution in [2.75, 3.05) is 18.0 Å². The standard InChI is InChI=1S/C19H19N5O2S/c25-17(22-23-18(26)15-8-3-4-10-20-15)13-6-5-11-24(12-13)19-21-14-7-1-2-9-16(14)27-19/h1-4,7-10,13H,5-6,11-12H2,(H,22,25)(H,23,26)/t13-/m1/s1. The molecular formula is C19H19N5O2S. The highest BCUT2D eigenvalue weighted by Crippen LogP contribution is 2.31. The predicted octanol–water partition coefficient (Wildman–Crippen LogP) is 2.37. The van der Waals surface area contributed by atoms with Crippen molar-refractivity contribution in [1.29, 1.82) is 0 Å². The van der Waals surface area contributed by atoms with Crippen molar-refractivity contribution in [1.82, 2.24) is 20.8 Å². The van der Waals surface area contributed by atoms with Crippen LogP contribution >= 0.6 is 11.3 Å². The molecule has 1 aliphatic rings. The van der Waals surface area contributed by atoms with Gasteiger partial charge >= 0.3 is 0 Å². The van der Waals surface area contributed by atoms with Crippen LogP contribution in [0.4, 0.5) is 5.13 Å². The van der Waals surface area contributed by atoms with E-state index in [0.29, 0.717) is 6.54 Å². The zero-order valence-electron chi connectivity index (χ0n) is 14.6. The van der Waals surface area contributed by atoms with E-state index in [1.165, 1.54) is 6.20 Å². The lowest BCUT2D eigenvalue weighted by atomic mass is 9.98. The van der Waals surface area contributed by atoms with E-state index in [1.807, 2.05) is 18.2 Å². The van der Waals surface area contributed by atoms with Crippen molar-refractivity contribution in [2.45, 2.75) is 12.8 Å². The molecule has 0 saturated carbocycles. The van der Waals surface area contributed by atoms with Gasteiger partial charge in [0, 0.05) is 19.3 Å². The number of nitrogens with one attached hydrogen (secondary N) is 2. The van der Waals surface area contributed by atoms with Crippen molar-refractivity contribution in [3.05, 3.63) is 54.4 Å². The number of carbonyl (C=O) groups is 2. The summed E-state index contributed by atoms with van der Waals surface area (Å²) in [5, 5.41) is 0.936. The van der Waals surface area contributed by atoms with Crippen LogP contribution in [0.25, 0.3) is 10.2 Å². The maximum Gasteiger partial charge on any atom is 0.288 e. The van der Waals surface area contributed by atoms with Gasteiger partial charge in [-0.15, -0.1) is 0 Å². The molecule has 1 aliphatic heterocycles. The monoisotopic (exact) mass is 381 g/mol. The van der Waals surface area contributed by atoms with E-state index in [-0.39, 0.29) is 17.5 Å². The normalized spacial score (nSPS) is 16.9. The van der Waals surface area contributed by atoms with E-state index in [0.717, 1.165) is 34.7 Å². The summed E-state index contributed by atoms with van der Waals surface area (Å²) >= 11 is 1.64. The number of anilines is 1. The van der Waals surface area contributed by atoms with Crippen molar-refractivity contribution in [3.63, 3.8) is 0 Å². The molecule has 3 heterocycles. The molecule has 0 aliphatic carbocycles. The fourth-order valence-corrected chi connectivity index (χ4v) is 4.14. The van der Waals surface area contributed by atoms with Gasteiger partial charge in [0.2, 0.25) is 5.91 Å².